The molecule has 0 aliphatic carbocycles. The molecule has 2 aromatic carbocycles. The molecule has 2 heteroatoms. The zero-order chi connectivity index (χ0) is 13.1. The predicted octanol–water partition coefficient (Wildman–Crippen LogP) is 4.76. The maximum absolute atomic E-state index is 4.85. The number of hydrogen-bond acceptors (Lipinski definition) is 2. The molecular formula is C17H15NS. The number of hydrogen-bond donors (Lipinski definition) is 0. The molecule has 0 aliphatic rings. The monoisotopic (exact) mass is 265 g/mol. The zero-order valence-electron chi connectivity index (χ0n) is 10.8. The molecule has 0 unspecified atom stereocenters. The van der Waals surface area contributed by atoms with Crippen molar-refractivity contribution in [3.8, 4) is 11.3 Å². The lowest BCUT2D eigenvalue weighted by Crippen LogP contribution is -1.93. The number of aromatic nitrogens is 1. The van der Waals surface area contributed by atoms with Gasteiger partial charge in [-0.15, -0.1) is 0 Å². The van der Waals surface area contributed by atoms with E-state index >= 15 is 0 Å². The summed E-state index contributed by atoms with van der Waals surface area (Å²) in [5, 5.41) is 1.21. The Morgan fingerprint density at radius 2 is 1.68 bits per heavy atom. The molecule has 0 radical (unpaired) electrons. The van der Waals surface area contributed by atoms with Gasteiger partial charge in [-0.1, -0.05) is 48.5 Å². The normalized spacial score (nSPS) is 10.8. The van der Waals surface area contributed by atoms with Crippen LogP contribution in [0.4, 0.5) is 0 Å². The average molecular weight is 265 g/mol. The number of rotatable bonds is 3. The second-order valence-electron chi connectivity index (χ2n) is 4.49. The van der Waals surface area contributed by atoms with Crippen LogP contribution in [0.2, 0.25) is 0 Å². The van der Waals surface area contributed by atoms with Crippen molar-refractivity contribution in [1.82, 2.24) is 4.98 Å². The highest BCUT2D eigenvalue weighted by molar-refractivity contribution is 7.97. The molecule has 94 valence electrons. The van der Waals surface area contributed by atoms with E-state index in [-0.39, 0.29) is 0 Å². The highest BCUT2D eigenvalue weighted by atomic mass is 32.2. The van der Waals surface area contributed by atoms with Crippen LogP contribution in [0.3, 0.4) is 0 Å². The van der Waals surface area contributed by atoms with Gasteiger partial charge in [0.2, 0.25) is 0 Å². The summed E-state index contributed by atoms with van der Waals surface area (Å²) in [7, 11) is 0. The molecule has 0 aliphatic heterocycles. The quantitative estimate of drug-likeness (QED) is 0.677. The van der Waals surface area contributed by atoms with Gasteiger partial charge in [0.05, 0.1) is 11.2 Å². The van der Waals surface area contributed by atoms with Crippen molar-refractivity contribution in [2.24, 2.45) is 0 Å². The first-order chi connectivity index (χ1) is 9.38. The van der Waals surface area contributed by atoms with Gasteiger partial charge >= 0.3 is 0 Å². The first-order valence-electron chi connectivity index (χ1n) is 6.31. The summed E-state index contributed by atoms with van der Waals surface area (Å²) in [4.78, 5) is 4.85. The molecule has 19 heavy (non-hydrogen) atoms. The first-order valence-corrected chi connectivity index (χ1v) is 7.71. The van der Waals surface area contributed by atoms with E-state index in [0.717, 1.165) is 17.0 Å². The third-order valence-electron chi connectivity index (χ3n) is 3.15. The van der Waals surface area contributed by atoms with Crippen LogP contribution in [-0.2, 0) is 5.75 Å². The molecule has 1 aromatic heterocycles. The highest BCUT2D eigenvalue weighted by Gasteiger charge is 2.08. The Hall–Kier alpha value is -1.80. The van der Waals surface area contributed by atoms with E-state index < -0.39 is 0 Å². The minimum atomic E-state index is 0.988. The van der Waals surface area contributed by atoms with Gasteiger partial charge in [0.25, 0.3) is 0 Å². The highest BCUT2D eigenvalue weighted by Crippen LogP contribution is 2.27. The topological polar surface area (TPSA) is 12.9 Å². The van der Waals surface area contributed by atoms with Gasteiger partial charge in [-0.25, -0.2) is 4.98 Å². The molecule has 0 saturated carbocycles. The van der Waals surface area contributed by atoms with Gasteiger partial charge in [0, 0.05) is 16.7 Å². The Kier molecular flexibility index (Phi) is 3.51. The van der Waals surface area contributed by atoms with Gasteiger partial charge in [-0.2, -0.15) is 11.8 Å². The molecular weight excluding hydrogens is 250 g/mol. The van der Waals surface area contributed by atoms with Crippen LogP contribution in [-0.4, -0.2) is 11.2 Å². The van der Waals surface area contributed by atoms with Crippen LogP contribution in [0.15, 0.2) is 60.7 Å². The molecule has 0 bridgehead atoms. The van der Waals surface area contributed by atoms with E-state index in [9.17, 15) is 0 Å². The summed E-state index contributed by atoms with van der Waals surface area (Å²) in [5.41, 5.74) is 4.66. The average Bonchev–Trinajstić information content (AvgIpc) is 2.48. The van der Waals surface area contributed by atoms with E-state index in [0.29, 0.717) is 0 Å². The van der Waals surface area contributed by atoms with Crippen molar-refractivity contribution in [1.29, 1.82) is 0 Å². The van der Waals surface area contributed by atoms with Crippen molar-refractivity contribution in [3.63, 3.8) is 0 Å². The summed E-state index contributed by atoms with van der Waals surface area (Å²) in [6, 6.07) is 21.0. The summed E-state index contributed by atoms with van der Waals surface area (Å²) < 4.78 is 0. The van der Waals surface area contributed by atoms with E-state index in [1.807, 2.05) is 23.9 Å². The number of pyridine rings is 1. The van der Waals surface area contributed by atoms with Gasteiger partial charge in [0.1, 0.15) is 0 Å². The summed E-state index contributed by atoms with van der Waals surface area (Å²) in [6.07, 6.45) is 2.13. The van der Waals surface area contributed by atoms with Crippen molar-refractivity contribution < 1.29 is 0 Å². The Labute approximate surface area is 117 Å². The molecule has 0 saturated heterocycles. The smallest absolute Gasteiger partial charge is 0.0750 e. The van der Waals surface area contributed by atoms with Crippen LogP contribution in [0.5, 0.6) is 0 Å². The molecule has 3 rings (SSSR count). The van der Waals surface area contributed by atoms with E-state index in [2.05, 4.69) is 54.8 Å². The van der Waals surface area contributed by atoms with Crippen molar-refractivity contribution in [3.05, 3.63) is 66.2 Å². The summed E-state index contributed by atoms with van der Waals surface area (Å²) >= 11 is 1.83. The Morgan fingerprint density at radius 1 is 0.947 bits per heavy atom. The standard InChI is InChI=1S/C17H15NS/c1-19-12-15-11-14-9-5-6-10-16(14)18-17(15)13-7-3-2-4-8-13/h2-11H,12H2,1H3. The predicted molar refractivity (Wildman–Crippen MR) is 84.4 cm³/mol. The molecule has 0 spiro atoms. The second kappa shape index (κ2) is 5.45. The number of fused-ring (bicyclic) bond motifs is 1. The fourth-order valence-electron chi connectivity index (χ4n) is 2.27. The molecule has 1 nitrogen and oxygen atoms in total. The van der Waals surface area contributed by atoms with Crippen LogP contribution in [0.25, 0.3) is 22.2 Å². The number of nitrogens with zero attached hydrogens (tertiary/aromatic N) is 1. The Bertz CT molecular complexity index is 692. The maximum Gasteiger partial charge on any atom is 0.0750 e. The van der Waals surface area contributed by atoms with Gasteiger partial charge in [-0.3, -0.25) is 0 Å². The molecule has 0 atom stereocenters. The Balaban J connectivity index is 2.23. The lowest BCUT2D eigenvalue weighted by Gasteiger charge is -2.10. The third kappa shape index (κ3) is 2.49. The SMILES string of the molecule is CSCc1cc2ccccc2nc1-c1ccccc1. The third-order valence-corrected chi connectivity index (χ3v) is 3.75. The maximum atomic E-state index is 4.85. The van der Waals surface area contributed by atoms with Crippen LogP contribution in [0, 0.1) is 0 Å². The fraction of sp³-hybridized carbons (Fsp3) is 0.118. The first kappa shape index (κ1) is 12.2. The molecule has 0 fully saturated rings. The summed E-state index contributed by atoms with van der Waals surface area (Å²) in [6.45, 7) is 0. The fourth-order valence-corrected chi connectivity index (χ4v) is 2.80. The van der Waals surface area contributed by atoms with Gasteiger partial charge in [0.15, 0.2) is 0 Å². The van der Waals surface area contributed by atoms with Crippen molar-refractivity contribution in [2.45, 2.75) is 5.75 Å². The van der Waals surface area contributed by atoms with Crippen LogP contribution in [0.1, 0.15) is 5.56 Å². The van der Waals surface area contributed by atoms with E-state index in [1.165, 1.54) is 16.5 Å². The number of benzene rings is 2. The van der Waals surface area contributed by atoms with E-state index in [4.69, 9.17) is 4.98 Å². The Morgan fingerprint density at radius 3 is 2.47 bits per heavy atom. The molecule has 0 amide bonds. The lowest BCUT2D eigenvalue weighted by atomic mass is 10.0. The van der Waals surface area contributed by atoms with Crippen molar-refractivity contribution >= 4 is 22.7 Å². The summed E-state index contributed by atoms with van der Waals surface area (Å²) in [5.74, 6) is 0.988. The number of para-hydroxylation sites is 1. The molecule has 0 N–H and O–H groups in total. The molecule has 3 aromatic rings. The zero-order valence-corrected chi connectivity index (χ0v) is 11.7. The second-order valence-corrected chi connectivity index (χ2v) is 5.35. The minimum absolute atomic E-state index is 0.988. The molecule has 1 heterocycles. The number of thioether (sulfide) groups is 1. The van der Waals surface area contributed by atoms with Crippen LogP contribution < -0.4 is 0 Å². The van der Waals surface area contributed by atoms with E-state index in [1.54, 1.807) is 0 Å². The van der Waals surface area contributed by atoms with Crippen LogP contribution >= 0.6 is 11.8 Å². The largest absolute Gasteiger partial charge is 0.247 e. The van der Waals surface area contributed by atoms with Crippen molar-refractivity contribution in [2.75, 3.05) is 6.26 Å². The van der Waals surface area contributed by atoms with Gasteiger partial charge in [-0.05, 0) is 24.0 Å². The van der Waals surface area contributed by atoms with Gasteiger partial charge < -0.3 is 0 Å². The lowest BCUT2D eigenvalue weighted by molar-refractivity contribution is 1.31. The minimum Gasteiger partial charge on any atom is -0.247 e.